The summed E-state index contributed by atoms with van der Waals surface area (Å²) in [5.74, 6) is 1.59. The van der Waals surface area contributed by atoms with Gasteiger partial charge in [0.05, 0.1) is 0 Å². The first-order valence-electron chi connectivity index (χ1n) is 6.43. The van der Waals surface area contributed by atoms with Crippen molar-refractivity contribution in [3.05, 3.63) is 41.5 Å². The van der Waals surface area contributed by atoms with E-state index >= 15 is 0 Å². The first kappa shape index (κ1) is 14.2. The van der Waals surface area contributed by atoms with Gasteiger partial charge in [-0.05, 0) is 36.4 Å². The standard InChI is InChI=1S/C15H19NO2S/c1-16(14-8-9-19-11-14)10-13-4-2-12(3-5-13)6-7-15(17)18/h2-7,14H,8-11H2,1H3,(H,17,18). The molecule has 1 aliphatic rings. The van der Waals surface area contributed by atoms with Crippen LogP contribution in [0.2, 0.25) is 0 Å². The summed E-state index contributed by atoms with van der Waals surface area (Å²) in [7, 11) is 2.18. The monoisotopic (exact) mass is 277 g/mol. The number of thioether (sulfide) groups is 1. The molecule has 19 heavy (non-hydrogen) atoms. The Morgan fingerprint density at radius 1 is 1.47 bits per heavy atom. The van der Waals surface area contributed by atoms with Gasteiger partial charge < -0.3 is 5.11 Å². The summed E-state index contributed by atoms with van der Waals surface area (Å²) in [4.78, 5) is 12.8. The zero-order valence-corrected chi connectivity index (χ0v) is 11.9. The minimum absolute atomic E-state index is 0.691. The number of nitrogens with zero attached hydrogens (tertiary/aromatic N) is 1. The Morgan fingerprint density at radius 3 is 2.79 bits per heavy atom. The Kier molecular flexibility index (Phi) is 5.05. The van der Waals surface area contributed by atoms with Crippen molar-refractivity contribution in [2.24, 2.45) is 0 Å². The number of rotatable bonds is 5. The van der Waals surface area contributed by atoms with Crippen molar-refractivity contribution in [3.8, 4) is 0 Å². The molecular formula is C15H19NO2S. The van der Waals surface area contributed by atoms with Gasteiger partial charge in [-0.3, -0.25) is 4.90 Å². The predicted molar refractivity (Wildman–Crippen MR) is 80.3 cm³/mol. The second kappa shape index (κ2) is 6.78. The van der Waals surface area contributed by atoms with Crippen molar-refractivity contribution in [1.29, 1.82) is 0 Å². The van der Waals surface area contributed by atoms with Crippen molar-refractivity contribution in [2.45, 2.75) is 19.0 Å². The van der Waals surface area contributed by atoms with Crippen LogP contribution in [0.4, 0.5) is 0 Å². The first-order valence-corrected chi connectivity index (χ1v) is 7.58. The van der Waals surface area contributed by atoms with Gasteiger partial charge in [-0.25, -0.2) is 4.79 Å². The van der Waals surface area contributed by atoms with Crippen LogP contribution >= 0.6 is 11.8 Å². The van der Waals surface area contributed by atoms with E-state index in [-0.39, 0.29) is 0 Å². The number of aliphatic carboxylic acids is 1. The zero-order valence-electron chi connectivity index (χ0n) is 11.1. The smallest absolute Gasteiger partial charge is 0.328 e. The third-order valence-electron chi connectivity index (χ3n) is 3.36. The van der Waals surface area contributed by atoms with Crippen LogP contribution in [-0.2, 0) is 11.3 Å². The van der Waals surface area contributed by atoms with E-state index < -0.39 is 5.97 Å². The molecule has 0 aliphatic carbocycles. The number of carboxylic acids is 1. The lowest BCUT2D eigenvalue weighted by Gasteiger charge is -2.23. The largest absolute Gasteiger partial charge is 0.478 e. The van der Waals surface area contributed by atoms with Gasteiger partial charge in [-0.15, -0.1) is 0 Å². The second-order valence-corrected chi connectivity index (χ2v) is 6.00. The lowest BCUT2D eigenvalue weighted by Crippen LogP contribution is -2.30. The van der Waals surface area contributed by atoms with Crippen molar-refractivity contribution < 1.29 is 9.90 Å². The molecule has 1 aliphatic heterocycles. The van der Waals surface area contributed by atoms with E-state index in [0.717, 1.165) is 18.2 Å². The summed E-state index contributed by atoms with van der Waals surface area (Å²) in [5.41, 5.74) is 2.19. The molecule has 1 aromatic rings. The molecule has 0 radical (unpaired) electrons. The maximum Gasteiger partial charge on any atom is 0.328 e. The number of hydrogen-bond acceptors (Lipinski definition) is 3. The zero-order chi connectivity index (χ0) is 13.7. The van der Waals surface area contributed by atoms with E-state index in [9.17, 15) is 4.79 Å². The van der Waals surface area contributed by atoms with Crippen molar-refractivity contribution in [3.63, 3.8) is 0 Å². The molecule has 0 spiro atoms. The van der Waals surface area contributed by atoms with Gasteiger partial charge in [-0.2, -0.15) is 11.8 Å². The number of carbonyl (C=O) groups is 1. The van der Waals surface area contributed by atoms with Crippen LogP contribution in [0.15, 0.2) is 30.3 Å². The van der Waals surface area contributed by atoms with E-state index in [1.807, 2.05) is 23.9 Å². The summed E-state index contributed by atoms with van der Waals surface area (Å²) in [5, 5.41) is 8.57. The van der Waals surface area contributed by atoms with Gasteiger partial charge in [0.1, 0.15) is 0 Å². The fourth-order valence-corrected chi connectivity index (χ4v) is 3.49. The van der Waals surface area contributed by atoms with Gasteiger partial charge in [0.25, 0.3) is 0 Å². The van der Waals surface area contributed by atoms with Gasteiger partial charge in [0.2, 0.25) is 0 Å². The quantitative estimate of drug-likeness (QED) is 0.840. The molecule has 1 fully saturated rings. The predicted octanol–water partition coefficient (Wildman–Crippen LogP) is 2.72. The van der Waals surface area contributed by atoms with Crippen LogP contribution in [0.25, 0.3) is 6.08 Å². The van der Waals surface area contributed by atoms with Gasteiger partial charge in [0.15, 0.2) is 0 Å². The maximum absolute atomic E-state index is 10.4. The molecule has 0 aromatic heterocycles. The normalized spacial score (nSPS) is 19.4. The van der Waals surface area contributed by atoms with Crippen LogP contribution in [-0.4, -0.2) is 40.6 Å². The molecule has 1 saturated heterocycles. The summed E-state index contributed by atoms with van der Waals surface area (Å²) in [6, 6.07) is 8.76. The van der Waals surface area contributed by atoms with Crippen molar-refractivity contribution in [1.82, 2.24) is 4.90 Å². The Balaban J connectivity index is 1.92. The number of carboxylic acid groups (broad SMARTS) is 1. The third kappa shape index (κ3) is 4.40. The minimum Gasteiger partial charge on any atom is -0.478 e. The summed E-state index contributed by atoms with van der Waals surface area (Å²) < 4.78 is 0. The van der Waals surface area contributed by atoms with E-state index in [2.05, 4.69) is 24.1 Å². The van der Waals surface area contributed by atoms with Crippen LogP contribution in [0.5, 0.6) is 0 Å². The topological polar surface area (TPSA) is 40.5 Å². The molecule has 0 amide bonds. The lowest BCUT2D eigenvalue weighted by atomic mass is 10.1. The van der Waals surface area contributed by atoms with Gasteiger partial charge >= 0.3 is 5.97 Å². The van der Waals surface area contributed by atoms with Gasteiger partial charge in [-0.1, -0.05) is 24.3 Å². The molecule has 1 unspecified atom stereocenters. The first-order chi connectivity index (χ1) is 9.15. The third-order valence-corrected chi connectivity index (χ3v) is 4.50. The second-order valence-electron chi connectivity index (χ2n) is 4.85. The molecule has 0 saturated carbocycles. The SMILES string of the molecule is CN(Cc1ccc(C=CC(=O)O)cc1)C1CCSC1. The van der Waals surface area contributed by atoms with Crippen LogP contribution in [0.3, 0.4) is 0 Å². The highest BCUT2D eigenvalue weighted by molar-refractivity contribution is 7.99. The highest BCUT2D eigenvalue weighted by Gasteiger charge is 2.19. The molecule has 1 heterocycles. The average molecular weight is 277 g/mol. The van der Waals surface area contributed by atoms with E-state index in [4.69, 9.17) is 5.11 Å². The van der Waals surface area contributed by atoms with Crippen molar-refractivity contribution >= 4 is 23.8 Å². The van der Waals surface area contributed by atoms with Crippen molar-refractivity contribution in [2.75, 3.05) is 18.6 Å². The fraction of sp³-hybridized carbons (Fsp3) is 0.400. The van der Waals surface area contributed by atoms with E-state index in [0.29, 0.717) is 6.04 Å². The van der Waals surface area contributed by atoms with Crippen LogP contribution in [0, 0.1) is 0 Å². The molecule has 1 atom stereocenters. The summed E-state index contributed by atoms with van der Waals surface area (Å²) >= 11 is 2.03. The molecule has 1 aromatic carbocycles. The summed E-state index contributed by atoms with van der Waals surface area (Å²) in [6.45, 7) is 0.953. The Bertz CT molecular complexity index is 450. The molecule has 2 rings (SSSR count). The van der Waals surface area contributed by atoms with E-state index in [1.54, 1.807) is 6.08 Å². The van der Waals surface area contributed by atoms with E-state index in [1.165, 1.54) is 23.5 Å². The van der Waals surface area contributed by atoms with Crippen LogP contribution < -0.4 is 0 Å². The Hall–Kier alpha value is -1.26. The average Bonchev–Trinajstić information content (AvgIpc) is 2.92. The molecule has 0 bridgehead atoms. The van der Waals surface area contributed by atoms with Gasteiger partial charge in [0, 0.05) is 24.4 Å². The highest BCUT2D eigenvalue weighted by atomic mass is 32.2. The van der Waals surface area contributed by atoms with Crippen LogP contribution in [0.1, 0.15) is 17.5 Å². The number of hydrogen-bond donors (Lipinski definition) is 1. The Labute approximate surface area is 118 Å². The number of benzene rings is 1. The molecule has 4 heteroatoms. The fourth-order valence-electron chi connectivity index (χ4n) is 2.19. The molecule has 3 nitrogen and oxygen atoms in total. The summed E-state index contributed by atoms with van der Waals surface area (Å²) in [6.07, 6.45) is 4.06. The molecular weight excluding hydrogens is 258 g/mol. The highest BCUT2D eigenvalue weighted by Crippen LogP contribution is 2.22. The molecule has 1 N–H and O–H groups in total. The maximum atomic E-state index is 10.4. The molecule has 102 valence electrons. The lowest BCUT2D eigenvalue weighted by molar-refractivity contribution is -0.131. The minimum atomic E-state index is -0.914. The Morgan fingerprint density at radius 2 is 2.21 bits per heavy atom.